The maximum atomic E-state index is 12.6. The normalized spacial score (nSPS) is 15.3. The van der Waals surface area contributed by atoms with Crippen molar-refractivity contribution in [3.05, 3.63) is 77.5 Å². The summed E-state index contributed by atoms with van der Waals surface area (Å²) in [6, 6.07) is 17.0. The van der Waals surface area contributed by atoms with Crippen LogP contribution in [0.3, 0.4) is 0 Å². The highest BCUT2D eigenvalue weighted by Crippen LogP contribution is 2.29. The summed E-state index contributed by atoms with van der Waals surface area (Å²) in [4.78, 5) is 17.0. The summed E-state index contributed by atoms with van der Waals surface area (Å²) in [6.07, 6.45) is 2.07. The molecule has 136 valence electrons. The van der Waals surface area contributed by atoms with E-state index in [0.29, 0.717) is 17.3 Å². The van der Waals surface area contributed by atoms with Crippen LogP contribution in [0.15, 0.2) is 66.4 Å². The first kappa shape index (κ1) is 16.8. The van der Waals surface area contributed by atoms with Crippen LogP contribution in [0.2, 0.25) is 0 Å². The number of benzene rings is 2. The summed E-state index contributed by atoms with van der Waals surface area (Å²) < 4.78 is 7.01. The first-order valence-electron chi connectivity index (χ1n) is 8.57. The molecule has 4 rings (SSSR count). The third-order valence-corrected chi connectivity index (χ3v) is 4.33. The number of hydrogen-bond donors (Lipinski definition) is 2. The molecular weight excluding hydrogens is 342 g/mol. The van der Waals surface area contributed by atoms with Gasteiger partial charge in [0.2, 0.25) is 5.95 Å². The fourth-order valence-electron chi connectivity index (χ4n) is 3.07. The van der Waals surface area contributed by atoms with E-state index in [4.69, 9.17) is 4.74 Å². The Bertz CT molecular complexity index is 1010. The van der Waals surface area contributed by atoms with Gasteiger partial charge >= 0.3 is 0 Å². The molecule has 0 radical (unpaired) electrons. The minimum atomic E-state index is -0.323. The van der Waals surface area contributed by atoms with Crippen LogP contribution in [-0.4, -0.2) is 27.8 Å². The summed E-state index contributed by atoms with van der Waals surface area (Å²) in [6.45, 7) is 1.97. The van der Waals surface area contributed by atoms with E-state index in [-0.39, 0.29) is 17.9 Å². The average Bonchev–Trinajstić information content (AvgIpc) is 3.09. The van der Waals surface area contributed by atoms with Crippen molar-refractivity contribution in [2.75, 3.05) is 17.7 Å². The number of carbonyl (C=O) groups is 1. The van der Waals surface area contributed by atoms with Gasteiger partial charge < -0.3 is 10.1 Å². The molecule has 0 saturated carbocycles. The van der Waals surface area contributed by atoms with Gasteiger partial charge in [0.05, 0.1) is 12.7 Å². The van der Waals surface area contributed by atoms with Crippen molar-refractivity contribution in [3.63, 3.8) is 0 Å². The minimum absolute atomic E-state index is 0.0909. The second-order valence-corrected chi connectivity index (χ2v) is 6.19. The first-order chi connectivity index (χ1) is 13.2. The highest BCUT2D eigenvalue weighted by Gasteiger charge is 2.24. The minimum Gasteiger partial charge on any atom is -0.496 e. The van der Waals surface area contributed by atoms with Gasteiger partial charge in [0.15, 0.2) is 0 Å². The maximum Gasteiger partial charge on any atom is 0.261 e. The predicted molar refractivity (Wildman–Crippen MR) is 103 cm³/mol. The lowest BCUT2D eigenvalue weighted by molar-refractivity contribution is 0.102. The molecule has 7 nitrogen and oxygen atoms in total. The highest BCUT2D eigenvalue weighted by atomic mass is 16.5. The Hall–Kier alpha value is -3.61. The number of aromatic nitrogens is 3. The van der Waals surface area contributed by atoms with Crippen molar-refractivity contribution in [2.45, 2.75) is 13.0 Å². The zero-order chi connectivity index (χ0) is 18.8. The third kappa shape index (κ3) is 3.27. The number of anilines is 2. The van der Waals surface area contributed by atoms with Crippen molar-refractivity contribution >= 4 is 17.8 Å². The molecule has 0 fully saturated rings. The van der Waals surface area contributed by atoms with E-state index in [1.807, 2.05) is 43.3 Å². The summed E-state index contributed by atoms with van der Waals surface area (Å²) in [7, 11) is 1.53. The topological polar surface area (TPSA) is 81.1 Å². The fraction of sp³-hybridized carbons (Fsp3) is 0.150. The number of nitrogens with one attached hydrogen (secondary N) is 2. The summed E-state index contributed by atoms with van der Waals surface area (Å²) in [5.41, 5.74) is 2.49. The van der Waals surface area contributed by atoms with Crippen LogP contribution in [0.1, 0.15) is 28.9 Å². The maximum absolute atomic E-state index is 12.6. The Morgan fingerprint density at radius 1 is 1.15 bits per heavy atom. The van der Waals surface area contributed by atoms with Crippen molar-refractivity contribution in [1.29, 1.82) is 0 Å². The highest BCUT2D eigenvalue weighted by molar-refractivity contribution is 6.05. The third-order valence-electron chi connectivity index (χ3n) is 4.33. The van der Waals surface area contributed by atoms with Crippen molar-refractivity contribution in [1.82, 2.24) is 14.8 Å². The van der Waals surface area contributed by atoms with Crippen LogP contribution in [0.5, 0.6) is 5.75 Å². The molecule has 1 amide bonds. The molecule has 0 saturated heterocycles. The molecule has 0 spiro atoms. The van der Waals surface area contributed by atoms with Gasteiger partial charge in [-0.25, -0.2) is 4.68 Å². The molecule has 2 N–H and O–H groups in total. The van der Waals surface area contributed by atoms with Gasteiger partial charge in [-0.15, -0.1) is 5.10 Å². The number of nitrogens with zero attached hydrogens (tertiary/aromatic N) is 3. The van der Waals surface area contributed by atoms with E-state index >= 15 is 0 Å². The largest absolute Gasteiger partial charge is 0.496 e. The molecule has 7 heteroatoms. The molecule has 1 aliphatic rings. The SMILES string of the molecule is COc1ccccc1C(=O)Nc1nc2n(n1)C(c1ccccc1)C=C(C)N2. The van der Waals surface area contributed by atoms with Crippen LogP contribution in [0, 0.1) is 0 Å². The van der Waals surface area contributed by atoms with E-state index in [0.717, 1.165) is 11.3 Å². The number of amides is 1. The molecular formula is C20H19N5O2. The van der Waals surface area contributed by atoms with E-state index in [2.05, 4.69) is 26.8 Å². The number of hydrogen-bond acceptors (Lipinski definition) is 5. The molecule has 2 heterocycles. The number of carbonyl (C=O) groups excluding carboxylic acids is 1. The van der Waals surface area contributed by atoms with Crippen molar-refractivity contribution in [3.8, 4) is 5.75 Å². The van der Waals surface area contributed by atoms with E-state index in [9.17, 15) is 4.79 Å². The molecule has 0 aliphatic carbocycles. The molecule has 1 atom stereocenters. The number of para-hydroxylation sites is 1. The molecule has 0 bridgehead atoms. The molecule has 1 aliphatic heterocycles. The van der Waals surface area contributed by atoms with E-state index < -0.39 is 0 Å². The average molecular weight is 361 g/mol. The van der Waals surface area contributed by atoms with Crippen LogP contribution >= 0.6 is 0 Å². The predicted octanol–water partition coefficient (Wildman–Crippen LogP) is 3.46. The summed E-state index contributed by atoms with van der Waals surface area (Å²) >= 11 is 0. The Balaban J connectivity index is 1.63. The van der Waals surface area contributed by atoms with Gasteiger partial charge in [0, 0.05) is 5.70 Å². The second kappa shape index (κ2) is 6.95. The van der Waals surface area contributed by atoms with Gasteiger partial charge in [-0.3, -0.25) is 10.1 Å². The fourth-order valence-corrected chi connectivity index (χ4v) is 3.07. The zero-order valence-electron chi connectivity index (χ0n) is 15.0. The smallest absolute Gasteiger partial charge is 0.261 e. The van der Waals surface area contributed by atoms with E-state index in [1.54, 1.807) is 22.9 Å². The number of ether oxygens (including phenoxy) is 1. The Kier molecular flexibility index (Phi) is 4.33. The summed E-state index contributed by atoms with van der Waals surface area (Å²) in [5, 5.41) is 10.4. The van der Waals surface area contributed by atoms with Crippen molar-refractivity contribution < 1.29 is 9.53 Å². The molecule has 27 heavy (non-hydrogen) atoms. The lowest BCUT2D eigenvalue weighted by Crippen LogP contribution is -2.19. The number of fused-ring (bicyclic) bond motifs is 1. The Morgan fingerprint density at radius 2 is 1.89 bits per heavy atom. The van der Waals surface area contributed by atoms with Gasteiger partial charge in [-0.05, 0) is 30.7 Å². The van der Waals surface area contributed by atoms with Crippen LogP contribution in [0.4, 0.5) is 11.9 Å². The number of allylic oxidation sites excluding steroid dienone is 2. The van der Waals surface area contributed by atoms with Gasteiger partial charge in [0.1, 0.15) is 11.8 Å². The quantitative estimate of drug-likeness (QED) is 0.744. The summed E-state index contributed by atoms with van der Waals surface area (Å²) in [5.74, 6) is 0.990. The second-order valence-electron chi connectivity index (χ2n) is 6.19. The van der Waals surface area contributed by atoms with E-state index in [1.165, 1.54) is 7.11 Å². The lowest BCUT2D eigenvalue weighted by atomic mass is 10.1. The number of methoxy groups -OCH3 is 1. The zero-order valence-corrected chi connectivity index (χ0v) is 15.0. The van der Waals surface area contributed by atoms with Gasteiger partial charge in [0.25, 0.3) is 11.9 Å². The molecule has 2 aromatic carbocycles. The lowest BCUT2D eigenvalue weighted by Gasteiger charge is -2.22. The standard InChI is InChI=1S/C20H19N5O2/c1-13-12-16(14-8-4-3-5-9-14)25-20(21-13)23-19(24-25)22-18(26)15-10-6-7-11-17(15)27-2/h3-12,16H,1-2H3,(H2,21,22,23,24,26). The van der Waals surface area contributed by atoms with Gasteiger partial charge in [-0.2, -0.15) is 4.98 Å². The Morgan fingerprint density at radius 3 is 2.67 bits per heavy atom. The molecule has 1 aromatic heterocycles. The Labute approximate surface area is 156 Å². The first-order valence-corrected chi connectivity index (χ1v) is 8.57. The molecule has 3 aromatic rings. The van der Waals surface area contributed by atoms with Crippen LogP contribution < -0.4 is 15.4 Å². The number of rotatable bonds is 4. The van der Waals surface area contributed by atoms with Crippen molar-refractivity contribution in [2.24, 2.45) is 0 Å². The van der Waals surface area contributed by atoms with Gasteiger partial charge in [-0.1, -0.05) is 42.5 Å². The monoisotopic (exact) mass is 361 g/mol. The van der Waals surface area contributed by atoms with Crippen LogP contribution in [0.25, 0.3) is 0 Å². The van der Waals surface area contributed by atoms with Crippen LogP contribution in [-0.2, 0) is 0 Å². The molecule has 1 unspecified atom stereocenters.